The molecule has 0 aromatic heterocycles. The summed E-state index contributed by atoms with van der Waals surface area (Å²) in [7, 11) is 0. The average molecular weight is 174 g/mol. The van der Waals surface area contributed by atoms with Crippen LogP contribution in [0.3, 0.4) is 0 Å². The first-order valence-corrected chi connectivity index (χ1v) is 4.08. The minimum absolute atomic E-state index is 0.441. The number of benzene rings is 1. The summed E-state index contributed by atoms with van der Waals surface area (Å²) >= 11 is 0. The minimum atomic E-state index is 0.441. The number of hydrogen-bond donors (Lipinski definition) is 0. The van der Waals surface area contributed by atoms with Gasteiger partial charge in [-0.15, -0.1) is 0 Å². The van der Waals surface area contributed by atoms with Crippen molar-refractivity contribution in [1.82, 2.24) is 0 Å². The molecule has 0 N–H and O–H groups in total. The molecule has 13 heavy (non-hydrogen) atoms. The van der Waals surface area contributed by atoms with Gasteiger partial charge < -0.3 is 4.84 Å². The second kappa shape index (κ2) is 5.14. The van der Waals surface area contributed by atoms with E-state index in [9.17, 15) is 0 Å². The maximum atomic E-state index is 4.96. The van der Waals surface area contributed by atoms with Gasteiger partial charge in [0.05, 0.1) is 5.71 Å². The first-order chi connectivity index (χ1) is 6.34. The van der Waals surface area contributed by atoms with Crippen LogP contribution in [0.25, 0.3) is 0 Å². The second-order valence-corrected chi connectivity index (χ2v) is 2.55. The molecule has 0 unspecified atom stereocenters. The lowest BCUT2D eigenvalue weighted by molar-refractivity contribution is 0.175. The van der Waals surface area contributed by atoms with Crippen LogP contribution in [0.5, 0.6) is 0 Å². The summed E-state index contributed by atoms with van der Waals surface area (Å²) in [5, 5.41) is 3.92. The topological polar surface area (TPSA) is 21.6 Å². The zero-order chi connectivity index (χ0) is 9.52. The smallest absolute Gasteiger partial charge is 0.135 e. The van der Waals surface area contributed by atoms with Gasteiger partial charge in [-0.2, -0.15) is 0 Å². The fourth-order valence-corrected chi connectivity index (χ4v) is 0.868. The second-order valence-electron chi connectivity index (χ2n) is 2.55. The quantitative estimate of drug-likeness (QED) is 0.297. The van der Waals surface area contributed by atoms with E-state index in [0.29, 0.717) is 6.61 Å². The van der Waals surface area contributed by atoms with Crippen molar-refractivity contribution in [2.75, 3.05) is 6.61 Å². The summed E-state index contributed by atoms with van der Waals surface area (Å²) in [4.78, 5) is 4.96. The van der Waals surface area contributed by atoms with Gasteiger partial charge in [-0.25, -0.2) is 0 Å². The molecule has 0 aliphatic heterocycles. The molecular formula is C11H12NO. The Morgan fingerprint density at radius 2 is 2.31 bits per heavy atom. The fraction of sp³-hybridized carbons (Fsp3) is 0.182. The average Bonchev–Trinajstić information content (AvgIpc) is 2.19. The molecule has 0 spiro atoms. The number of nitrogens with zero attached hydrogens (tertiary/aromatic N) is 1. The van der Waals surface area contributed by atoms with Crippen LogP contribution in [0.1, 0.15) is 12.5 Å². The van der Waals surface area contributed by atoms with Crippen LogP contribution in [-0.4, -0.2) is 12.3 Å². The minimum Gasteiger partial charge on any atom is -0.391 e. The summed E-state index contributed by atoms with van der Waals surface area (Å²) in [6.07, 6.45) is 1.66. The van der Waals surface area contributed by atoms with Gasteiger partial charge in [0.15, 0.2) is 0 Å². The van der Waals surface area contributed by atoms with Crippen LogP contribution in [0, 0.1) is 6.07 Å². The number of hydrogen-bond acceptors (Lipinski definition) is 2. The zero-order valence-corrected chi connectivity index (χ0v) is 7.66. The van der Waals surface area contributed by atoms with Gasteiger partial charge in [0.25, 0.3) is 0 Å². The molecule has 1 aromatic carbocycles. The van der Waals surface area contributed by atoms with E-state index in [1.165, 1.54) is 0 Å². The van der Waals surface area contributed by atoms with Crippen LogP contribution >= 0.6 is 0 Å². The highest BCUT2D eigenvalue weighted by molar-refractivity contribution is 5.98. The Hall–Kier alpha value is -1.57. The van der Waals surface area contributed by atoms with E-state index >= 15 is 0 Å². The molecule has 1 rings (SSSR count). The Kier molecular flexibility index (Phi) is 3.76. The van der Waals surface area contributed by atoms with E-state index in [0.717, 1.165) is 11.3 Å². The molecule has 0 saturated carbocycles. The first-order valence-electron chi connectivity index (χ1n) is 4.08. The maximum Gasteiger partial charge on any atom is 0.135 e. The Balaban J connectivity index is 2.62. The Morgan fingerprint density at radius 1 is 1.62 bits per heavy atom. The normalized spacial score (nSPS) is 11.0. The van der Waals surface area contributed by atoms with E-state index in [1.54, 1.807) is 6.08 Å². The fourth-order valence-electron chi connectivity index (χ4n) is 0.868. The molecule has 0 amide bonds. The van der Waals surface area contributed by atoms with E-state index in [-0.39, 0.29) is 0 Å². The predicted octanol–water partition coefficient (Wildman–Crippen LogP) is 2.41. The molecular weight excluding hydrogens is 162 g/mol. The highest BCUT2D eigenvalue weighted by Gasteiger charge is 1.94. The van der Waals surface area contributed by atoms with Crippen LogP contribution < -0.4 is 0 Å². The molecule has 2 nitrogen and oxygen atoms in total. The molecule has 0 bridgehead atoms. The van der Waals surface area contributed by atoms with Crippen molar-refractivity contribution in [3.8, 4) is 0 Å². The Morgan fingerprint density at radius 3 is 2.92 bits per heavy atom. The zero-order valence-electron chi connectivity index (χ0n) is 7.66. The lowest BCUT2D eigenvalue weighted by Gasteiger charge is -1.99. The molecule has 1 radical (unpaired) electrons. The van der Waals surface area contributed by atoms with Gasteiger partial charge >= 0.3 is 0 Å². The third-order valence-corrected chi connectivity index (χ3v) is 1.53. The molecule has 0 atom stereocenters. The number of rotatable bonds is 4. The monoisotopic (exact) mass is 174 g/mol. The van der Waals surface area contributed by atoms with E-state index in [4.69, 9.17) is 4.84 Å². The van der Waals surface area contributed by atoms with Gasteiger partial charge in [-0.3, -0.25) is 0 Å². The first kappa shape index (κ1) is 9.52. The molecule has 0 aliphatic carbocycles. The molecule has 0 aliphatic rings. The van der Waals surface area contributed by atoms with E-state index in [2.05, 4.69) is 17.8 Å². The van der Waals surface area contributed by atoms with Crippen molar-refractivity contribution in [3.63, 3.8) is 0 Å². The lowest BCUT2D eigenvalue weighted by Crippen LogP contribution is -1.95. The predicted molar refractivity (Wildman–Crippen MR) is 53.6 cm³/mol. The largest absolute Gasteiger partial charge is 0.391 e. The van der Waals surface area contributed by atoms with Crippen LogP contribution in [0.4, 0.5) is 0 Å². The van der Waals surface area contributed by atoms with E-state index < -0.39 is 0 Å². The third kappa shape index (κ3) is 3.11. The van der Waals surface area contributed by atoms with Crippen molar-refractivity contribution in [2.24, 2.45) is 5.16 Å². The molecule has 0 heterocycles. The Labute approximate surface area is 78.5 Å². The molecule has 0 saturated heterocycles. The summed E-state index contributed by atoms with van der Waals surface area (Å²) in [6, 6.07) is 10.5. The molecule has 67 valence electrons. The summed E-state index contributed by atoms with van der Waals surface area (Å²) in [5.74, 6) is 0. The summed E-state index contributed by atoms with van der Waals surface area (Å²) in [6.45, 7) is 5.87. The van der Waals surface area contributed by atoms with Crippen molar-refractivity contribution in [2.45, 2.75) is 6.92 Å². The molecule has 0 fully saturated rings. The van der Waals surface area contributed by atoms with Gasteiger partial charge in [0.1, 0.15) is 6.61 Å². The third-order valence-electron chi connectivity index (χ3n) is 1.53. The van der Waals surface area contributed by atoms with Crippen molar-refractivity contribution in [1.29, 1.82) is 0 Å². The van der Waals surface area contributed by atoms with Crippen molar-refractivity contribution < 1.29 is 4.84 Å². The van der Waals surface area contributed by atoms with Crippen molar-refractivity contribution in [3.05, 3.63) is 48.6 Å². The SMILES string of the molecule is C=CCON=C(C)c1cc[c]cc1. The summed E-state index contributed by atoms with van der Waals surface area (Å²) in [5.41, 5.74) is 1.90. The standard InChI is InChI=1S/C11H12NO/c1-3-9-13-12-10(2)11-7-5-4-6-8-11/h3,5-8H,1,9H2,2H3. The molecule has 2 heteroatoms. The number of oxime groups is 1. The highest BCUT2D eigenvalue weighted by Crippen LogP contribution is 2.00. The summed E-state index contributed by atoms with van der Waals surface area (Å²) < 4.78 is 0. The van der Waals surface area contributed by atoms with Crippen molar-refractivity contribution >= 4 is 5.71 Å². The van der Waals surface area contributed by atoms with Gasteiger partial charge in [-0.1, -0.05) is 42.1 Å². The van der Waals surface area contributed by atoms with Gasteiger partial charge in [0, 0.05) is 0 Å². The maximum absolute atomic E-state index is 4.96. The van der Waals surface area contributed by atoms with Gasteiger partial charge in [0.2, 0.25) is 0 Å². The Bertz CT molecular complexity index is 290. The van der Waals surface area contributed by atoms with Gasteiger partial charge in [-0.05, 0) is 18.6 Å². The van der Waals surface area contributed by atoms with E-state index in [1.807, 2.05) is 31.2 Å². The van der Waals surface area contributed by atoms with Crippen LogP contribution in [-0.2, 0) is 4.84 Å². The van der Waals surface area contributed by atoms with Crippen LogP contribution in [0.2, 0.25) is 0 Å². The highest BCUT2D eigenvalue weighted by atomic mass is 16.6. The van der Waals surface area contributed by atoms with Crippen LogP contribution in [0.15, 0.2) is 42.1 Å². The molecule has 1 aromatic rings. The lowest BCUT2D eigenvalue weighted by atomic mass is 10.1.